The molecule has 2 heterocycles. The standard InChI is InChI=1S/C33H29F3N4O8/c1-32(2)30(44)40(21-11-8-18(16-37)23(14-21)33(34,35)36)31(45)39(32)17-19-6-4-5-7-24(19)38-20-9-12-22(13-10-20)47-29-27(42)25(41)15-26(48-29)28(43)46-3/h4-15,25,27,29,38,41-42H,17H2,1-3H3/t25-,27+,29+/m1/s1. The number of carbonyl (C=O) groups is 3. The van der Waals surface area contributed by atoms with Crippen molar-refractivity contribution in [2.75, 3.05) is 17.3 Å². The predicted octanol–water partition coefficient (Wildman–Crippen LogP) is 4.58. The number of amides is 3. The van der Waals surface area contributed by atoms with Gasteiger partial charge in [0, 0.05) is 11.4 Å². The first kappa shape index (κ1) is 33.8. The molecule has 12 nitrogen and oxygen atoms in total. The number of halogens is 3. The van der Waals surface area contributed by atoms with Gasteiger partial charge in [0.25, 0.3) is 12.2 Å². The van der Waals surface area contributed by atoms with E-state index < -0.39 is 59.2 Å². The second-order valence-corrected chi connectivity index (χ2v) is 11.3. The average Bonchev–Trinajstić information content (AvgIpc) is 3.22. The fourth-order valence-corrected chi connectivity index (χ4v) is 5.15. The first-order chi connectivity index (χ1) is 22.6. The molecular weight excluding hydrogens is 637 g/mol. The lowest BCUT2D eigenvalue weighted by atomic mass is 10.0. The molecule has 2 aliphatic heterocycles. The van der Waals surface area contributed by atoms with E-state index in [9.17, 15) is 37.8 Å². The number of rotatable bonds is 8. The fraction of sp³-hybridized carbons (Fsp3) is 0.273. The number of esters is 1. The number of hydrogen-bond acceptors (Lipinski definition) is 10. The van der Waals surface area contributed by atoms with Gasteiger partial charge < -0.3 is 34.6 Å². The number of nitrogens with one attached hydrogen (secondary N) is 1. The van der Waals surface area contributed by atoms with Gasteiger partial charge in [0.15, 0.2) is 6.10 Å². The van der Waals surface area contributed by atoms with E-state index in [0.29, 0.717) is 27.9 Å². The maximum Gasteiger partial charge on any atom is 0.417 e. The van der Waals surface area contributed by atoms with Gasteiger partial charge in [-0.2, -0.15) is 18.4 Å². The maximum absolute atomic E-state index is 13.6. The van der Waals surface area contributed by atoms with Crippen molar-refractivity contribution in [3.63, 3.8) is 0 Å². The van der Waals surface area contributed by atoms with E-state index in [1.54, 1.807) is 48.5 Å². The summed E-state index contributed by atoms with van der Waals surface area (Å²) in [6.45, 7) is 2.90. The Hall–Kier alpha value is -5.59. The molecule has 0 saturated carbocycles. The Morgan fingerprint density at radius 2 is 1.77 bits per heavy atom. The summed E-state index contributed by atoms with van der Waals surface area (Å²) in [7, 11) is 1.13. The molecule has 1 saturated heterocycles. The van der Waals surface area contributed by atoms with Crippen molar-refractivity contribution >= 4 is 35.0 Å². The first-order valence-corrected chi connectivity index (χ1v) is 14.4. The number of imide groups is 1. The maximum atomic E-state index is 13.6. The van der Waals surface area contributed by atoms with Crippen LogP contribution in [-0.2, 0) is 31.8 Å². The number of benzene rings is 3. The van der Waals surface area contributed by atoms with Crippen molar-refractivity contribution in [3.05, 3.63) is 95.3 Å². The Morgan fingerprint density at radius 3 is 2.42 bits per heavy atom. The summed E-state index contributed by atoms with van der Waals surface area (Å²) < 4.78 is 56.5. The van der Waals surface area contributed by atoms with Crippen LogP contribution in [0.3, 0.4) is 0 Å². The van der Waals surface area contributed by atoms with Crippen LogP contribution < -0.4 is 15.0 Å². The molecule has 3 aromatic carbocycles. The number of nitriles is 1. The van der Waals surface area contributed by atoms with Crippen LogP contribution in [0, 0.1) is 11.3 Å². The number of aliphatic hydroxyl groups excluding tert-OH is 2. The molecule has 3 atom stereocenters. The topological polar surface area (TPSA) is 162 Å². The zero-order valence-electron chi connectivity index (χ0n) is 25.7. The summed E-state index contributed by atoms with van der Waals surface area (Å²) in [5.74, 6) is -1.67. The third-order valence-electron chi connectivity index (χ3n) is 7.82. The molecule has 15 heteroatoms. The predicted molar refractivity (Wildman–Crippen MR) is 162 cm³/mol. The zero-order valence-corrected chi connectivity index (χ0v) is 25.7. The normalized spacial score (nSPS) is 20.5. The second-order valence-electron chi connectivity index (χ2n) is 11.3. The van der Waals surface area contributed by atoms with Gasteiger partial charge in [-0.15, -0.1) is 0 Å². The van der Waals surface area contributed by atoms with E-state index >= 15 is 0 Å². The minimum absolute atomic E-state index is 0.0872. The van der Waals surface area contributed by atoms with Gasteiger partial charge in [-0.1, -0.05) is 18.2 Å². The number of ether oxygens (including phenoxy) is 3. The van der Waals surface area contributed by atoms with Gasteiger partial charge in [-0.25, -0.2) is 14.5 Å². The lowest BCUT2D eigenvalue weighted by Gasteiger charge is -2.31. The summed E-state index contributed by atoms with van der Waals surface area (Å²) in [6.07, 6.45) is -8.21. The molecule has 250 valence electrons. The molecule has 0 radical (unpaired) electrons. The van der Waals surface area contributed by atoms with Crippen LogP contribution in [0.15, 0.2) is 78.6 Å². The zero-order chi connectivity index (χ0) is 35.0. The molecule has 3 aromatic rings. The summed E-state index contributed by atoms with van der Waals surface area (Å²) in [4.78, 5) is 40.8. The number of hydrogen-bond donors (Lipinski definition) is 3. The molecule has 0 aliphatic carbocycles. The van der Waals surface area contributed by atoms with Gasteiger partial charge in [0.05, 0.1) is 36.5 Å². The van der Waals surface area contributed by atoms with E-state index in [2.05, 4.69) is 10.1 Å². The number of anilines is 3. The SMILES string of the molecule is COC(=O)C1=C[C@@H](O)[C@H](O)[C@@H](Oc2ccc(Nc3ccccc3CN3C(=O)N(c4ccc(C#N)c(C(F)(F)F)c4)C(=O)C3(C)C)cc2)O1. The third-order valence-corrected chi connectivity index (χ3v) is 7.82. The fourth-order valence-electron chi connectivity index (χ4n) is 5.15. The van der Waals surface area contributed by atoms with E-state index in [-0.39, 0.29) is 23.7 Å². The number of alkyl halides is 3. The van der Waals surface area contributed by atoms with Gasteiger partial charge in [-0.3, -0.25) is 4.79 Å². The highest BCUT2D eigenvalue weighted by molar-refractivity contribution is 6.23. The van der Waals surface area contributed by atoms with Crippen LogP contribution in [0.2, 0.25) is 0 Å². The molecule has 5 rings (SSSR count). The molecule has 0 aromatic heterocycles. The van der Waals surface area contributed by atoms with Crippen molar-refractivity contribution in [3.8, 4) is 11.8 Å². The second kappa shape index (κ2) is 12.9. The molecule has 0 unspecified atom stereocenters. The summed E-state index contributed by atoms with van der Waals surface area (Å²) >= 11 is 0. The van der Waals surface area contributed by atoms with E-state index in [4.69, 9.17) is 14.7 Å². The lowest BCUT2D eigenvalue weighted by molar-refractivity contribution is -0.174. The Balaban J connectivity index is 1.33. The molecule has 0 spiro atoms. The van der Waals surface area contributed by atoms with Crippen LogP contribution in [0.1, 0.15) is 30.5 Å². The Bertz CT molecular complexity index is 1820. The minimum atomic E-state index is -4.88. The van der Waals surface area contributed by atoms with Crippen LogP contribution in [0.5, 0.6) is 5.75 Å². The summed E-state index contributed by atoms with van der Waals surface area (Å²) in [5, 5.41) is 32.7. The monoisotopic (exact) mass is 666 g/mol. The third kappa shape index (κ3) is 6.48. The first-order valence-electron chi connectivity index (χ1n) is 14.4. The summed E-state index contributed by atoms with van der Waals surface area (Å²) in [5.41, 5.74) is -1.92. The van der Waals surface area contributed by atoms with Crippen LogP contribution in [0.4, 0.5) is 35.0 Å². The Morgan fingerprint density at radius 1 is 1.08 bits per heavy atom. The van der Waals surface area contributed by atoms with Crippen LogP contribution in [0.25, 0.3) is 0 Å². The molecule has 0 bridgehead atoms. The molecule has 1 fully saturated rings. The van der Waals surface area contributed by atoms with Crippen molar-refractivity contribution in [2.45, 2.75) is 50.6 Å². The van der Waals surface area contributed by atoms with Crippen molar-refractivity contribution < 1.29 is 52.0 Å². The van der Waals surface area contributed by atoms with Crippen molar-refractivity contribution in [2.24, 2.45) is 0 Å². The van der Waals surface area contributed by atoms with E-state index in [0.717, 1.165) is 25.3 Å². The highest BCUT2D eigenvalue weighted by atomic mass is 19.4. The van der Waals surface area contributed by atoms with Gasteiger partial charge in [-0.05, 0) is 74.0 Å². The smallest absolute Gasteiger partial charge is 0.417 e. The highest BCUT2D eigenvalue weighted by Gasteiger charge is 2.52. The van der Waals surface area contributed by atoms with E-state index in [1.807, 2.05) is 0 Å². The van der Waals surface area contributed by atoms with Gasteiger partial charge in [0.2, 0.25) is 5.76 Å². The van der Waals surface area contributed by atoms with Gasteiger partial charge >= 0.3 is 18.2 Å². The number of carbonyl (C=O) groups excluding carboxylic acids is 3. The minimum Gasteiger partial charge on any atom is -0.463 e. The molecule has 48 heavy (non-hydrogen) atoms. The molecule has 2 aliphatic rings. The lowest BCUT2D eigenvalue weighted by Crippen LogP contribution is -2.46. The van der Waals surface area contributed by atoms with Crippen LogP contribution in [-0.4, -0.2) is 64.2 Å². The molecule has 3 amide bonds. The number of para-hydroxylation sites is 1. The van der Waals surface area contributed by atoms with Crippen molar-refractivity contribution in [1.82, 2.24) is 4.90 Å². The molecule has 3 N–H and O–H groups in total. The number of methoxy groups -OCH3 is 1. The number of nitrogens with zero attached hydrogens (tertiary/aromatic N) is 3. The summed E-state index contributed by atoms with van der Waals surface area (Å²) in [6, 6.07) is 16.6. The van der Waals surface area contributed by atoms with E-state index in [1.165, 1.54) is 24.8 Å². The number of aliphatic hydroxyl groups is 2. The molecular formula is C33H29F3N4O8. The van der Waals surface area contributed by atoms with Crippen LogP contribution >= 0.6 is 0 Å². The van der Waals surface area contributed by atoms with Crippen molar-refractivity contribution in [1.29, 1.82) is 5.26 Å². The Labute approximate surface area is 272 Å². The largest absolute Gasteiger partial charge is 0.463 e. The number of urea groups is 1. The average molecular weight is 667 g/mol. The highest BCUT2D eigenvalue weighted by Crippen LogP contribution is 2.39. The quantitative estimate of drug-likeness (QED) is 0.229. The Kier molecular flexibility index (Phi) is 9.07. The van der Waals surface area contributed by atoms with Gasteiger partial charge in [0.1, 0.15) is 17.4 Å².